The van der Waals surface area contributed by atoms with Crippen LogP contribution < -0.4 is 5.56 Å². The van der Waals surface area contributed by atoms with Crippen LogP contribution in [0.1, 0.15) is 5.56 Å². The van der Waals surface area contributed by atoms with E-state index in [0.717, 1.165) is 22.4 Å². The second-order valence-corrected chi connectivity index (χ2v) is 6.94. The third kappa shape index (κ3) is 2.93. The first-order valence-electron chi connectivity index (χ1n) is 9.41. The molecule has 5 heteroatoms. The zero-order valence-corrected chi connectivity index (χ0v) is 15.8. The maximum Gasteiger partial charge on any atom is 0.270 e. The van der Waals surface area contributed by atoms with Gasteiger partial charge in [0.25, 0.3) is 5.56 Å². The summed E-state index contributed by atoms with van der Waals surface area (Å²) in [4.78, 5) is 18.5. The SMILES string of the molecule is Cc1ccc(-n2c(-c3ccccc3)nc3n[nH]c(-c4ccccc4)c3c2=O)cc1. The topological polar surface area (TPSA) is 63.6 Å². The summed E-state index contributed by atoms with van der Waals surface area (Å²) in [6, 6.07) is 27.3. The molecule has 0 fully saturated rings. The molecule has 0 saturated heterocycles. The first kappa shape index (κ1) is 17.1. The largest absolute Gasteiger partial charge is 0.275 e. The average molecular weight is 378 g/mol. The molecule has 0 saturated carbocycles. The lowest BCUT2D eigenvalue weighted by Gasteiger charge is -2.13. The van der Waals surface area contributed by atoms with Gasteiger partial charge in [-0.3, -0.25) is 14.5 Å². The molecule has 29 heavy (non-hydrogen) atoms. The van der Waals surface area contributed by atoms with Crippen LogP contribution >= 0.6 is 0 Å². The van der Waals surface area contributed by atoms with Crippen molar-refractivity contribution in [3.63, 3.8) is 0 Å². The quantitative estimate of drug-likeness (QED) is 0.493. The van der Waals surface area contributed by atoms with Gasteiger partial charge in [0.05, 0.1) is 11.4 Å². The minimum atomic E-state index is -0.148. The second kappa shape index (κ2) is 6.87. The van der Waals surface area contributed by atoms with Crippen LogP contribution in [-0.2, 0) is 0 Å². The number of fused-ring (bicyclic) bond motifs is 1. The molecule has 5 rings (SSSR count). The second-order valence-electron chi connectivity index (χ2n) is 6.94. The fourth-order valence-corrected chi connectivity index (χ4v) is 3.50. The van der Waals surface area contributed by atoms with Gasteiger partial charge in [0.15, 0.2) is 5.65 Å². The van der Waals surface area contributed by atoms with Crippen molar-refractivity contribution in [1.82, 2.24) is 19.7 Å². The molecule has 140 valence electrons. The van der Waals surface area contributed by atoms with E-state index in [0.29, 0.717) is 22.6 Å². The monoisotopic (exact) mass is 378 g/mol. The van der Waals surface area contributed by atoms with Gasteiger partial charge in [-0.05, 0) is 19.1 Å². The zero-order valence-electron chi connectivity index (χ0n) is 15.8. The van der Waals surface area contributed by atoms with Gasteiger partial charge in [0.1, 0.15) is 11.2 Å². The van der Waals surface area contributed by atoms with E-state index >= 15 is 0 Å². The van der Waals surface area contributed by atoms with Crippen molar-refractivity contribution in [3.8, 4) is 28.3 Å². The molecular weight excluding hydrogens is 360 g/mol. The molecular formula is C24H18N4O. The number of nitrogens with one attached hydrogen (secondary N) is 1. The Hall–Kier alpha value is -3.99. The molecule has 0 unspecified atom stereocenters. The smallest absolute Gasteiger partial charge is 0.270 e. The van der Waals surface area contributed by atoms with Crippen molar-refractivity contribution in [2.45, 2.75) is 6.92 Å². The van der Waals surface area contributed by atoms with Crippen molar-refractivity contribution in [2.75, 3.05) is 0 Å². The molecule has 0 amide bonds. The number of rotatable bonds is 3. The summed E-state index contributed by atoms with van der Waals surface area (Å²) >= 11 is 0. The molecule has 0 bridgehead atoms. The molecule has 2 heterocycles. The van der Waals surface area contributed by atoms with E-state index in [4.69, 9.17) is 4.98 Å². The Morgan fingerprint density at radius 2 is 1.41 bits per heavy atom. The average Bonchev–Trinajstić information content (AvgIpc) is 3.20. The van der Waals surface area contributed by atoms with Crippen LogP contribution in [0.2, 0.25) is 0 Å². The number of aryl methyl sites for hydroxylation is 1. The van der Waals surface area contributed by atoms with E-state index in [1.54, 1.807) is 4.57 Å². The van der Waals surface area contributed by atoms with Gasteiger partial charge in [-0.25, -0.2) is 4.98 Å². The van der Waals surface area contributed by atoms with Gasteiger partial charge in [0.2, 0.25) is 0 Å². The van der Waals surface area contributed by atoms with Crippen molar-refractivity contribution < 1.29 is 0 Å². The molecule has 5 aromatic rings. The van der Waals surface area contributed by atoms with Crippen molar-refractivity contribution in [1.29, 1.82) is 0 Å². The van der Waals surface area contributed by atoms with Crippen LogP contribution in [-0.4, -0.2) is 19.7 Å². The van der Waals surface area contributed by atoms with E-state index in [2.05, 4.69) is 10.2 Å². The lowest BCUT2D eigenvalue weighted by molar-refractivity contribution is 0.970. The van der Waals surface area contributed by atoms with Crippen molar-refractivity contribution in [2.24, 2.45) is 0 Å². The number of aromatic amines is 1. The Balaban J connectivity index is 1.87. The van der Waals surface area contributed by atoms with Gasteiger partial charge in [-0.1, -0.05) is 78.4 Å². The predicted octanol–water partition coefficient (Wildman–Crippen LogP) is 4.75. The van der Waals surface area contributed by atoms with Crippen LogP contribution in [0.25, 0.3) is 39.4 Å². The lowest BCUT2D eigenvalue weighted by Crippen LogP contribution is -2.22. The maximum atomic E-state index is 13.7. The third-order valence-corrected chi connectivity index (χ3v) is 4.97. The molecule has 5 nitrogen and oxygen atoms in total. The summed E-state index contributed by atoms with van der Waals surface area (Å²) in [7, 11) is 0. The summed E-state index contributed by atoms with van der Waals surface area (Å²) in [6.07, 6.45) is 0. The van der Waals surface area contributed by atoms with Gasteiger partial charge in [-0.2, -0.15) is 5.10 Å². The number of hydrogen-bond acceptors (Lipinski definition) is 3. The van der Waals surface area contributed by atoms with Crippen LogP contribution in [0, 0.1) is 6.92 Å². The Kier molecular flexibility index (Phi) is 4.06. The molecule has 0 aliphatic carbocycles. The Labute approximate surface area is 167 Å². The molecule has 2 aromatic heterocycles. The van der Waals surface area contributed by atoms with Crippen LogP contribution in [0.4, 0.5) is 0 Å². The van der Waals surface area contributed by atoms with E-state index in [-0.39, 0.29) is 5.56 Å². The highest BCUT2D eigenvalue weighted by molar-refractivity contribution is 5.91. The predicted molar refractivity (Wildman–Crippen MR) is 115 cm³/mol. The number of benzene rings is 3. The maximum absolute atomic E-state index is 13.7. The minimum Gasteiger partial charge on any atom is -0.275 e. The highest BCUT2D eigenvalue weighted by atomic mass is 16.1. The molecule has 0 radical (unpaired) electrons. The number of hydrogen-bond donors (Lipinski definition) is 1. The summed E-state index contributed by atoms with van der Waals surface area (Å²) in [6.45, 7) is 2.02. The van der Waals surface area contributed by atoms with Crippen LogP contribution in [0.5, 0.6) is 0 Å². The Morgan fingerprint density at radius 1 is 0.793 bits per heavy atom. The van der Waals surface area contributed by atoms with E-state index in [1.807, 2.05) is 91.9 Å². The van der Waals surface area contributed by atoms with Crippen LogP contribution in [0.15, 0.2) is 89.7 Å². The fourth-order valence-electron chi connectivity index (χ4n) is 3.50. The third-order valence-electron chi connectivity index (χ3n) is 4.97. The van der Waals surface area contributed by atoms with Gasteiger partial charge in [0, 0.05) is 11.1 Å². The first-order valence-corrected chi connectivity index (χ1v) is 9.41. The van der Waals surface area contributed by atoms with E-state index in [9.17, 15) is 4.79 Å². The lowest BCUT2D eigenvalue weighted by atomic mass is 10.1. The Bertz CT molecular complexity index is 1350. The molecule has 0 atom stereocenters. The molecule has 0 aliphatic heterocycles. The summed E-state index contributed by atoms with van der Waals surface area (Å²) in [5.41, 5.74) is 4.60. The number of aromatic nitrogens is 4. The van der Waals surface area contributed by atoms with Gasteiger partial charge >= 0.3 is 0 Å². The zero-order chi connectivity index (χ0) is 19.8. The summed E-state index contributed by atoms with van der Waals surface area (Å²) in [5.74, 6) is 0.568. The highest BCUT2D eigenvalue weighted by Crippen LogP contribution is 2.26. The first-order chi connectivity index (χ1) is 14.2. The standard InChI is InChI=1S/C24H18N4O/c1-16-12-14-19(15-13-16)28-23(18-10-6-3-7-11-18)25-22-20(24(28)29)21(26-27-22)17-8-4-2-5-9-17/h2-15H,1H3,(H,26,27). The van der Waals surface area contributed by atoms with Gasteiger partial charge in [-0.15, -0.1) is 0 Å². The number of H-pyrrole nitrogens is 1. The van der Waals surface area contributed by atoms with Crippen molar-refractivity contribution in [3.05, 3.63) is 101 Å². The van der Waals surface area contributed by atoms with E-state index < -0.39 is 0 Å². The molecule has 0 spiro atoms. The molecule has 0 aliphatic rings. The summed E-state index contributed by atoms with van der Waals surface area (Å²) in [5, 5.41) is 7.84. The molecule has 1 N–H and O–H groups in total. The fraction of sp³-hybridized carbons (Fsp3) is 0.0417. The highest BCUT2D eigenvalue weighted by Gasteiger charge is 2.19. The Morgan fingerprint density at radius 3 is 2.07 bits per heavy atom. The van der Waals surface area contributed by atoms with Gasteiger partial charge < -0.3 is 0 Å². The minimum absolute atomic E-state index is 0.148. The normalized spacial score (nSPS) is 11.1. The molecule has 3 aromatic carbocycles. The summed E-state index contributed by atoms with van der Waals surface area (Å²) < 4.78 is 1.67. The van der Waals surface area contributed by atoms with Crippen LogP contribution in [0.3, 0.4) is 0 Å². The van der Waals surface area contributed by atoms with E-state index in [1.165, 1.54) is 0 Å². The van der Waals surface area contributed by atoms with Crippen molar-refractivity contribution >= 4 is 11.0 Å². The number of nitrogens with zero attached hydrogens (tertiary/aromatic N) is 3.